The highest BCUT2D eigenvalue weighted by Gasteiger charge is 2.20. The lowest BCUT2D eigenvalue weighted by molar-refractivity contribution is 0.0940. The van der Waals surface area contributed by atoms with Crippen molar-refractivity contribution in [2.24, 2.45) is 7.05 Å². The first-order valence-corrected chi connectivity index (χ1v) is 9.77. The average molecular weight is 396 g/mol. The lowest BCUT2D eigenvalue weighted by Crippen LogP contribution is -2.25. The number of carbonyl (C=O) groups excluding carboxylic acids is 1. The molecule has 1 aromatic carbocycles. The fraction of sp³-hybridized carbons (Fsp3) is 0.429. The van der Waals surface area contributed by atoms with Crippen LogP contribution in [0.2, 0.25) is 0 Å². The molecule has 0 aliphatic carbocycles. The summed E-state index contributed by atoms with van der Waals surface area (Å²) in [6.45, 7) is 8.43. The van der Waals surface area contributed by atoms with Gasteiger partial charge in [-0.2, -0.15) is 5.10 Å². The molecule has 2 aromatic heterocycles. The summed E-state index contributed by atoms with van der Waals surface area (Å²) in [5, 5.41) is 11.8. The molecule has 0 radical (unpaired) electrons. The maximum atomic E-state index is 12.7. The molecule has 29 heavy (non-hydrogen) atoms. The third kappa shape index (κ3) is 4.01. The van der Waals surface area contributed by atoms with Gasteiger partial charge in [-0.15, -0.1) is 5.10 Å². The van der Waals surface area contributed by atoms with Crippen LogP contribution >= 0.6 is 0 Å². The Bertz CT molecular complexity index is 1020. The molecule has 0 aliphatic heterocycles. The number of hydrogen-bond acceptors (Lipinski definition) is 5. The predicted octanol–water partition coefficient (Wildman–Crippen LogP) is 2.93. The summed E-state index contributed by atoms with van der Waals surface area (Å²) in [5.74, 6) is 1.44. The fourth-order valence-electron chi connectivity index (χ4n) is 3.45. The van der Waals surface area contributed by atoms with Gasteiger partial charge in [0, 0.05) is 7.05 Å². The molecule has 0 unspecified atom stereocenters. The zero-order chi connectivity index (χ0) is 21.1. The number of ether oxygens (including phenoxy) is 1. The normalized spacial score (nSPS) is 11.1. The summed E-state index contributed by atoms with van der Waals surface area (Å²) in [5.41, 5.74) is 3.85. The summed E-state index contributed by atoms with van der Waals surface area (Å²) in [6.07, 6.45) is 0.750. The van der Waals surface area contributed by atoms with Crippen LogP contribution in [0, 0.1) is 6.92 Å². The minimum absolute atomic E-state index is 0.141. The maximum absolute atomic E-state index is 12.7. The number of amides is 1. The van der Waals surface area contributed by atoms with Crippen molar-refractivity contribution < 1.29 is 9.53 Å². The third-order valence-electron chi connectivity index (χ3n) is 4.88. The summed E-state index contributed by atoms with van der Waals surface area (Å²) in [7, 11) is 3.42. The Kier molecular flexibility index (Phi) is 6.00. The SMILES string of the molecule is CCc1nn(C)c(OC)c1CNC(=O)c1nc(C)n(-c2ccccc2C(C)C)n1. The monoisotopic (exact) mass is 396 g/mol. The molecular formula is C21H28N6O2. The Morgan fingerprint density at radius 1 is 1.24 bits per heavy atom. The smallest absolute Gasteiger partial charge is 0.291 e. The molecule has 2 heterocycles. The molecule has 0 spiro atoms. The zero-order valence-corrected chi connectivity index (χ0v) is 17.9. The van der Waals surface area contributed by atoms with Gasteiger partial charge in [0.15, 0.2) is 0 Å². The number of rotatable bonds is 7. The number of carbonyl (C=O) groups is 1. The van der Waals surface area contributed by atoms with Crippen LogP contribution in [0.15, 0.2) is 24.3 Å². The van der Waals surface area contributed by atoms with E-state index in [1.165, 1.54) is 0 Å². The summed E-state index contributed by atoms with van der Waals surface area (Å²) in [6, 6.07) is 8.03. The topological polar surface area (TPSA) is 86.9 Å². The van der Waals surface area contributed by atoms with Gasteiger partial charge < -0.3 is 10.1 Å². The van der Waals surface area contributed by atoms with E-state index < -0.39 is 0 Å². The van der Waals surface area contributed by atoms with Crippen molar-refractivity contribution in [1.29, 1.82) is 0 Å². The van der Waals surface area contributed by atoms with Gasteiger partial charge in [-0.1, -0.05) is 39.0 Å². The van der Waals surface area contributed by atoms with Gasteiger partial charge in [-0.3, -0.25) is 4.79 Å². The molecule has 154 valence electrons. The second-order valence-electron chi connectivity index (χ2n) is 7.20. The second kappa shape index (κ2) is 8.46. The number of aryl methyl sites for hydroxylation is 3. The van der Waals surface area contributed by atoms with Crippen molar-refractivity contribution in [3.63, 3.8) is 0 Å². The van der Waals surface area contributed by atoms with Crippen molar-refractivity contribution in [2.75, 3.05) is 7.11 Å². The quantitative estimate of drug-likeness (QED) is 0.663. The van der Waals surface area contributed by atoms with Crippen molar-refractivity contribution in [1.82, 2.24) is 29.9 Å². The van der Waals surface area contributed by atoms with Crippen LogP contribution in [0.3, 0.4) is 0 Å². The van der Waals surface area contributed by atoms with E-state index in [4.69, 9.17) is 4.74 Å². The molecule has 1 amide bonds. The highest BCUT2D eigenvalue weighted by Crippen LogP contribution is 2.24. The number of para-hydroxylation sites is 1. The zero-order valence-electron chi connectivity index (χ0n) is 17.9. The molecule has 0 bridgehead atoms. The minimum atomic E-state index is -0.332. The second-order valence-corrected chi connectivity index (χ2v) is 7.20. The molecular weight excluding hydrogens is 368 g/mol. The number of aromatic nitrogens is 5. The Labute approximate surface area is 170 Å². The van der Waals surface area contributed by atoms with Gasteiger partial charge in [-0.25, -0.2) is 14.3 Å². The number of nitrogens with one attached hydrogen (secondary N) is 1. The van der Waals surface area contributed by atoms with E-state index in [9.17, 15) is 4.79 Å². The lowest BCUT2D eigenvalue weighted by atomic mass is 10.0. The lowest BCUT2D eigenvalue weighted by Gasteiger charge is -2.12. The van der Waals surface area contributed by atoms with Gasteiger partial charge in [-0.05, 0) is 30.9 Å². The van der Waals surface area contributed by atoms with Crippen molar-refractivity contribution >= 4 is 5.91 Å². The number of methoxy groups -OCH3 is 1. The highest BCUT2D eigenvalue weighted by molar-refractivity contribution is 5.90. The van der Waals surface area contributed by atoms with E-state index in [-0.39, 0.29) is 11.7 Å². The van der Waals surface area contributed by atoms with E-state index in [2.05, 4.69) is 40.4 Å². The molecule has 0 atom stereocenters. The van der Waals surface area contributed by atoms with E-state index in [1.807, 2.05) is 39.1 Å². The molecule has 0 saturated heterocycles. The first kappa shape index (κ1) is 20.6. The fourth-order valence-corrected chi connectivity index (χ4v) is 3.45. The van der Waals surface area contributed by atoms with Crippen LogP contribution in [-0.2, 0) is 20.0 Å². The van der Waals surface area contributed by atoms with Crippen LogP contribution in [0.25, 0.3) is 5.69 Å². The predicted molar refractivity (Wildman–Crippen MR) is 110 cm³/mol. The van der Waals surface area contributed by atoms with Gasteiger partial charge in [0.2, 0.25) is 11.7 Å². The van der Waals surface area contributed by atoms with Gasteiger partial charge in [0.05, 0.1) is 30.6 Å². The Balaban J connectivity index is 1.84. The molecule has 1 N–H and O–H groups in total. The van der Waals surface area contributed by atoms with Crippen LogP contribution in [0.1, 0.15) is 60.0 Å². The Morgan fingerprint density at radius 3 is 2.62 bits per heavy atom. The van der Waals surface area contributed by atoms with Gasteiger partial charge >= 0.3 is 0 Å². The summed E-state index contributed by atoms with van der Waals surface area (Å²) < 4.78 is 8.84. The number of hydrogen-bond donors (Lipinski definition) is 1. The maximum Gasteiger partial charge on any atom is 0.291 e. The molecule has 0 saturated carbocycles. The molecule has 3 rings (SSSR count). The van der Waals surface area contributed by atoms with Crippen LogP contribution in [-0.4, -0.2) is 37.6 Å². The molecule has 8 heteroatoms. The van der Waals surface area contributed by atoms with Crippen molar-refractivity contribution in [2.45, 2.75) is 46.6 Å². The number of benzene rings is 1. The van der Waals surface area contributed by atoms with E-state index in [0.29, 0.717) is 24.2 Å². The molecule has 0 aliphatic rings. The van der Waals surface area contributed by atoms with Crippen molar-refractivity contribution in [3.05, 3.63) is 52.7 Å². The first-order chi connectivity index (χ1) is 13.9. The Morgan fingerprint density at radius 2 is 1.97 bits per heavy atom. The van der Waals surface area contributed by atoms with Crippen LogP contribution < -0.4 is 10.1 Å². The van der Waals surface area contributed by atoms with Crippen LogP contribution in [0.5, 0.6) is 5.88 Å². The van der Waals surface area contributed by atoms with E-state index in [1.54, 1.807) is 16.5 Å². The largest absolute Gasteiger partial charge is 0.481 e. The Hall–Kier alpha value is -3.16. The van der Waals surface area contributed by atoms with Crippen molar-refractivity contribution in [3.8, 4) is 11.6 Å². The summed E-state index contributed by atoms with van der Waals surface area (Å²) in [4.78, 5) is 17.1. The van der Waals surface area contributed by atoms with Crippen LogP contribution in [0.4, 0.5) is 0 Å². The molecule has 0 fully saturated rings. The minimum Gasteiger partial charge on any atom is -0.481 e. The van der Waals surface area contributed by atoms with Gasteiger partial charge in [0.1, 0.15) is 5.82 Å². The van der Waals surface area contributed by atoms with Gasteiger partial charge in [0.25, 0.3) is 5.91 Å². The molecule has 3 aromatic rings. The molecule has 8 nitrogen and oxygen atoms in total. The van der Waals surface area contributed by atoms with E-state index in [0.717, 1.165) is 28.9 Å². The first-order valence-electron chi connectivity index (χ1n) is 9.77. The number of nitrogens with zero attached hydrogens (tertiary/aromatic N) is 5. The summed E-state index contributed by atoms with van der Waals surface area (Å²) >= 11 is 0. The highest BCUT2D eigenvalue weighted by atomic mass is 16.5. The standard InChI is InChI=1S/C21H28N6O2/c1-7-17-16(21(29-6)26(5)24-17)12-22-20(28)19-23-14(4)27(25-19)18-11-9-8-10-15(18)13(2)3/h8-11,13H,7,12H2,1-6H3,(H,22,28). The third-order valence-corrected chi connectivity index (χ3v) is 4.88. The average Bonchev–Trinajstić information content (AvgIpc) is 3.25. The van der Waals surface area contributed by atoms with E-state index >= 15 is 0 Å².